The summed E-state index contributed by atoms with van der Waals surface area (Å²) in [5.41, 5.74) is 0.728. The lowest BCUT2D eigenvalue weighted by Crippen LogP contribution is -2.39. The molecule has 0 atom stereocenters. The standard InChI is InChI=1S/C12H17BrFNO/c1-12(2,6-7-16)15-8-9-4-3-5-10(14)11(9)13/h3-5,15-16H,6-8H2,1-2H3. The molecule has 0 aromatic heterocycles. The molecule has 2 nitrogen and oxygen atoms in total. The predicted octanol–water partition coefficient (Wildman–Crippen LogP) is 2.84. The van der Waals surface area contributed by atoms with Gasteiger partial charge in [0.1, 0.15) is 5.82 Å². The lowest BCUT2D eigenvalue weighted by Gasteiger charge is -2.25. The van der Waals surface area contributed by atoms with E-state index in [9.17, 15) is 4.39 Å². The topological polar surface area (TPSA) is 32.3 Å². The average molecular weight is 290 g/mol. The number of hydrogen-bond acceptors (Lipinski definition) is 2. The lowest BCUT2D eigenvalue weighted by molar-refractivity contribution is 0.230. The highest BCUT2D eigenvalue weighted by Gasteiger charge is 2.16. The molecular weight excluding hydrogens is 273 g/mol. The maximum atomic E-state index is 13.2. The van der Waals surface area contributed by atoms with E-state index in [1.165, 1.54) is 6.07 Å². The number of nitrogens with one attached hydrogen (secondary N) is 1. The fraction of sp³-hybridized carbons (Fsp3) is 0.500. The first-order chi connectivity index (χ1) is 7.46. The Morgan fingerprint density at radius 1 is 1.44 bits per heavy atom. The highest BCUT2D eigenvalue weighted by Crippen LogP contribution is 2.21. The van der Waals surface area contributed by atoms with Gasteiger partial charge in [-0.15, -0.1) is 0 Å². The van der Waals surface area contributed by atoms with Gasteiger partial charge in [0.25, 0.3) is 0 Å². The molecule has 0 aliphatic rings. The first-order valence-electron chi connectivity index (χ1n) is 5.25. The highest BCUT2D eigenvalue weighted by molar-refractivity contribution is 9.10. The van der Waals surface area contributed by atoms with Crippen molar-refractivity contribution in [3.05, 3.63) is 34.1 Å². The van der Waals surface area contributed by atoms with Crippen molar-refractivity contribution < 1.29 is 9.50 Å². The van der Waals surface area contributed by atoms with Crippen LogP contribution in [0.25, 0.3) is 0 Å². The SMILES string of the molecule is CC(C)(CCO)NCc1cccc(F)c1Br. The zero-order valence-electron chi connectivity index (χ0n) is 9.56. The Hall–Kier alpha value is -0.450. The molecule has 0 aliphatic heterocycles. The van der Waals surface area contributed by atoms with Crippen LogP contribution >= 0.6 is 15.9 Å². The predicted molar refractivity (Wildman–Crippen MR) is 66.7 cm³/mol. The van der Waals surface area contributed by atoms with Crippen molar-refractivity contribution in [2.45, 2.75) is 32.4 Å². The van der Waals surface area contributed by atoms with Gasteiger partial charge < -0.3 is 10.4 Å². The Balaban J connectivity index is 2.64. The van der Waals surface area contributed by atoms with Crippen LogP contribution in [0, 0.1) is 5.82 Å². The molecule has 0 heterocycles. The molecule has 1 rings (SSSR count). The summed E-state index contributed by atoms with van der Waals surface area (Å²) in [6.07, 6.45) is 0.667. The third-order valence-electron chi connectivity index (χ3n) is 2.53. The quantitative estimate of drug-likeness (QED) is 0.874. The molecule has 0 unspecified atom stereocenters. The molecular formula is C12H17BrFNO. The second-order valence-corrected chi connectivity index (χ2v) is 5.22. The maximum Gasteiger partial charge on any atom is 0.137 e. The molecule has 0 amide bonds. The third-order valence-corrected chi connectivity index (χ3v) is 3.41. The minimum atomic E-state index is -0.251. The molecule has 0 saturated carbocycles. The van der Waals surface area contributed by atoms with E-state index in [-0.39, 0.29) is 18.0 Å². The molecule has 0 fully saturated rings. The molecule has 0 aliphatic carbocycles. The van der Waals surface area contributed by atoms with E-state index in [2.05, 4.69) is 21.2 Å². The van der Waals surface area contributed by atoms with Gasteiger partial charge in [0.05, 0.1) is 4.47 Å². The number of aliphatic hydroxyl groups excluding tert-OH is 1. The van der Waals surface area contributed by atoms with E-state index in [0.29, 0.717) is 17.4 Å². The van der Waals surface area contributed by atoms with Gasteiger partial charge in [-0.25, -0.2) is 4.39 Å². The van der Waals surface area contributed by atoms with Gasteiger partial charge in [-0.05, 0) is 47.8 Å². The van der Waals surface area contributed by atoms with Crippen molar-refractivity contribution in [1.82, 2.24) is 5.32 Å². The van der Waals surface area contributed by atoms with Crippen LogP contribution in [-0.4, -0.2) is 17.3 Å². The fourth-order valence-corrected chi connectivity index (χ4v) is 1.79. The molecule has 1 aromatic carbocycles. The summed E-state index contributed by atoms with van der Waals surface area (Å²) in [4.78, 5) is 0. The second-order valence-electron chi connectivity index (χ2n) is 4.42. The van der Waals surface area contributed by atoms with Crippen LogP contribution in [0.5, 0.6) is 0 Å². The number of halogens is 2. The van der Waals surface area contributed by atoms with Crippen molar-refractivity contribution in [1.29, 1.82) is 0 Å². The Bertz CT molecular complexity index is 355. The van der Waals surface area contributed by atoms with E-state index in [4.69, 9.17) is 5.11 Å². The van der Waals surface area contributed by atoms with Gasteiger partial charge in [0.15, 0.2) is 0 Å². The molecule has 4 heteroatoms. The Labute approximate surface area is 104 Å². The number of aliphatic hydroxyl groups is 1. The van der Waals surface area contributed by atoms with Gasteiger partial charge in [0.2, 0.25) is 0 Å². The number of benzene rings is 1. The van der Waals surface area contributed by atoms with Gasteiger partial charge >= 0.3 is 0 Å². The minimum absolute atomic E-state index is 0.143. The first-order valence-corrected chi connectivity index (χ1v) is 6.04. The molecule has 2 N–H and O–H groups in total. The summed E-state index contributed by atoms with van der Waals surface area (Å²) in [6.45, 7) is 4.74. The van der Waals surface area contributed by atoms with Crippen molar-refractivity contribution >= 4 is 15.9 Å². The largest absolute Gasteiger partial charge is 0.396 e. The molecule has 0 radical (unpaired) electrons. The average Bonchev–Trinajstić information content (AvgIpc) is 2.20. The zero-order valence-corrected chi connectivity index (χ0v) is 11.1. The normalized spacial score (nSPS) is 11.8. The molecule has 90 valence electrons. The molecule has 0 bridgehead atoms. The van der Waals surface area contributed by atoms with Crippen LogP contribution < -0.4 is 5.32 Å². The van der Waals surface area contributed by atoms with E-state index in [1.807, 2.05) is 19.9 Å². The van der Waals surface area contributed by atoms with Crippen LogP contribution in [-0.2, 0) is 6.54 Å². The van der Waals surface area contributed by atoms with Gasteiger partial charge in [-0.3, -0.25) is 0 Å². The van der Waals surface area contributed by atoms with Crippen LogP contribution in [0.15, 0.2) is 22.7 Å². The van der Waals surface area contributed by atoms with Crippen LogP contribution in [0.2, 0.25) is 0 Å². The number of hydrogen-bond donors (Lipinski definition) is 2. The highest BCUT2D eigenvalue weighted by atomic mass is 79.9. The van der Waals surface area contributed by atoms with Crippen molar-refractivity contribution in [3.8, 4) is 0 Å². The van der Waals surface area contributed by atoms with Crippen molar-refractivity contribution in [2.75, 3.05) is 6.61 Å². The van der Waals surface area contributed by atoms with Crippen LogP contribution in [0.3, 0.4) is 0 Å². The summed E-state index contributed by atoms with van der Waals surface area (Å²) in [5.74, 6) is -0.251. The van der Waals surface area contributed by atoms with Gasteiger partial charge in [-0.2, -0.15) is 0 Å². The molecule has 1 aromatic rings. The second kappa shape index (κ2) is 5.75. The van der Waals surface area contributed by atoms with Crippen LogP contribution in [0.4, 0.5) is 4.39 Å². The summed E-state index contributed by atoms with van der Waals surface area (Å²) in [6, 6.07) is 4.98. The smallest absolute Gasteiger partial charge is 0.137 e. The monoisotopic (exact) mass is 289 g/mol. The van der Waals surface area contributed by atoms with Gasteiger partial charge in [0, 0.05) is 18.7 Å². The zero-order chi connectivity index (χ0) is 12.2. The van der Waals surface area contributed by atoms with E-state index in [0.717, 1.165) is 5.56 Å². The number of rotatable bonds is 5. The van der Waals surface area contributed by atoms with Crippen molar-refractivity contribution in [2.24, 2.45) is 0 Å². The molecule has 16 heavy (non-hydrogen) atoms. The Morgan fingerprint density at radius 2 is 2.12 bits per heavy atom. The van der Waals surface area contributed by atoms with Gasteiger partial charge in [-0.1, -0.05) is 12.1 Å². The summed E-state index contributed by atoms with van der Waals surface area (Å²) >= 11 is 3.22. The Kier molecular flexibility index (Phi) is 4.89. The molecule has 0 spiro atoms. The first kappa shape index (κ1) is 13.6. The van der Waals surface area contributed by atoms with Crippen LogP contribution in [0.1, 0.15) is 25.8 Å². The van der Waals surface area contributed by atoms with E-state index < -0.39 is 0 Å². The summed E-state index contributed by atoms with van der Waals surface area (Å²) in [7, 11) is 0. The van der Waals surface area contributed by atoms with Crippen molar-refractivity contribution in [3.63, 3.8) is 0 Å². The summed E-state index contributed by atoms with van der Waals surface area (Å²) in [5, 5.41) is 12.2. The third kappa shape index (κ3) is 3.85. The lowest BCUT2D eigenvalue weighted by atomic mass is 10.0. The minimum Gasteiger partial charge on any atom is -0.396 e. The fourth-order valence-electron chi connectivity index (χ4n) is 1.39. The maximum absolute atomic E-state index is 13.2. The Morgan fingerprint density at radius 3 is 2.75 bits per heavy atom. The molecule has 0 saturated heterocycles. The van der Waals surface area contributed by atoms with E-state index in [1.54, 1.807) is 6.07 Å². The van der Waals surface area contributed by atoms with E-state index >= 15 is 0 Å². The summed E-state index contributed by atoms with van der Waals surface area (Å²) < 4.78 is 13.7.